The summed E-state index contributed by atoms with van der Waals surface area (Å²) in [5.41, 5.74) is 7.13. The van der Waals surface area contributed by atoms with Gasteiger partial charge in [-0.25, -0.2) is 8.78 Å². The summed E-state index contributed by atoms with van der Waals surface area (Å²) in [6, 6.07) is 7.76. The molecule has 0 aliphatic heterocycles. The monoisotopic (exact) mass is 262 g/mol. The number of aryl methyl sites for hydroxylation is 1. The van der Waals surface area contributed by atoms with E-state index in [4.69, 9.17) is 5.73 Å². The largest absolute Gasteiger partial charge is 0.399 e. The molecule has 0 bridgehead atoms. The van der Waals surface area contributed by atoms with Gasteiger partial charge in [-0.3, -0.25) is 4.79 Å². The number of halogens is 2. The maximum absolute atomic E-state index is 13.4. The number of benzene rings is 2. The number of nitrogen functional groups attached to an aromatic ring is 1. The zero-order valence-corrected chi connectivity index (χ0v) is 10.2. The third-order valence-electron chi connectivity index (χ3n) is 2.67. The first-order chi connectivity index (χ1) is 8.97. The average Bonchev–Trinajstić information content (AvgIpc) is 2.32. The van der Waals surface area contributed by atoms with Crippen molar-refractivity contribution in [3.05, 3.63) is 59.2 Å². The second-order valence-electron chi connectivity index (χ2n) is 4.15. The van der Waals surface area contributed by atoms with Crippen LogP contribution in [0.25, 0.3) is 0 Å². The quantitative estimate of drug-likeness (QED) is 0.817. The summed E-state index contributed by atoms with van der Waals surface area (Å²) in [5, 5.41) is 2.39. The summed E-state index contributed by atoms with van der Waals surface area (Å²) in [6.45, 7) is 1.73. The third-order valence-corrected chi connectivity index (χ3v) is 2.67. The highest BCUT2D eigenvalue weighted by Crippen LogP contribution is 2.18. The van der Waals surface area contributed by atoms with Crippen LogP contribution in [0.5, 0.6) is 0 Å². The zero-order valence-electron chi connectivity index (χ0n) is 10.2. The Bertz CT molecular complexity index is 641. The number of nitrogens with two attached hydrogens (primary N) is 1. The first kappa shape index (κ1) is 13.0. The van der Waals surface area contributed by atoms with Gasteiger partial charge in [0.2, 0.25) is 0 Å². The van der Waals surface area contributed by atoms with E-state index < -0.39 is 17.5 Å². The lowest BCUT2D eigenvalue weighted by Gasteiger charge is -2.09. The van der Waals surface area contributed by atoms with Gasteiger partial charge in [0.05, 0.1) is 5.69 Å². The Hall–Kier alpha value is -2.43. The Kier molecular flexibility index (Phi) is 3.46. The SMILES string of the molecule is Cc1cc(N)ccc1C(=O)Nc1ccc(F)cc1F. The van der Waals surface area contributed by atoms with E-state index in [-0.39, 0.29) is 5.69 Å². The van der Waals surface area contributed by atoms with Gasteiger partial charge in [-0.2, -0.15) is 0 Å². The van der Waals surface area contributed by atoms with E-state index in [0.717, 1.165) is 6.07 Å². The molecule has 3 nitrogen and oxygen atoms in total. The molecule has 2 rings (SSSR count). The molecule has 0 fully saturated rings. The van der Waals surface area contributed by atoms with Crippen molar-refractivity contribution in [1.29, 1.82) is 0 Å². The van der Waals surface area contributed by atoms with Gasteiger partial charge in [-0.05, 0) is 42.8 Å². The highest BCUT2D eigenvalue weighted by atomic mass is 19.1. The molecule has 0 saturated heterocycles. The van der Waals surface area contributed by atoms with Crippen molar-refractivity contribution >= 4 is 17.3 Å². The molecule has 1 amide bonds. The molecule has 0 spiro atoms. The molecular weight excluding hydrogens is 250 g/mol. The van der Waals surface area contributed by atoms with E-state index in [0.29, 0.717) is 22.9 Å². The van der Waals surface area contributed by atoms with Gasteiger partial charge in [0, 0.05) is 17.3 Å². The van der Waals surface area contributed by atoms with Crippen LogP contribution in [0.4, 0.5) is 20.2 Å². The fourth-order valence-corrected chi connectivity index (χ4v) is 1.72. The Morgan fingerprint density at radius 3 is 2.53 bits per heavy atom. The molecule has 19 heavy (non-hydrogen) atoms. The summed E-state index contributed by atoms with van der Waals surface area (Å²) >= 11 is 0. The number of carbonyl (C=O) groups excluding carboxylic acids is 1. The molecule has 0 aromatic heterocycles. The minimum atomic E-state index is -0.818. The van der Waals surface area contributed by atoms with Gasteiger partial charge in [-0.15, -0.1) is 0 Å². The normalized spacial score (nSPS) is 10.3. The van der Waals surface area contributed by atoms with Gasteiger partial charge in [0.1, 0.15) is 11.6 Å². The Morgan fingerprint density at radius 2 is 1.89 bits per heavy atom. The van der Waals surface area contributed by atoms with Crippen molar-refractivity contribution in [3.8, 4) is 0 Å². The van der Waals surface area contributed by atoms with Crippen LogP contribution in [0.15, 0.2) is 36.4 Å². The predicted octanol–water partition coefficient (Wildman–Crippen LogP) is 3.11. The van der Waals surface area contributed by atoms with Crippen molar-refractivity contribution in [1.82, 2.24) is 0 Å². The molecule has 0 unspecified atom stereocenters. The highest BCUT2D eigenvalue weighted by molar-refractivity contribution is 6.05. The van der Waals surface area contributed by atoms with Crippen molar-refractivity contribution in [2.75, 3.05) is 11.1 Å². The topological polar surface area (TPSA) is 55.1 Å². The van der Waals surface area contributed by atoms with E-state index in [1.165, 1.54) is 6.07 Å². The first-order valence-electron chi connectivity index (χ1n) is 5.60. The summed E-state index contributed by atoms with van der Waals surface area (Å²) in [6.07, 6.45) is 0. The lowest BCUT2D eigenvalue weighted by molar-refractivity contribution is 0.102. The molecule has 0 atom stereocenters. The minimum Gasteiger partial charge on any atom is -0.399 e. The Labute approximate surface area is 109 Å². The van der Waals surface area contributed by atoms with E-state index in [1.54, 1.807) is 25.1 Å². The van der Waals surface area contributed by atoms with Gasteiger partial charge >= 0.3 is 0 Å². The Balaban J connectivity index is 2.25. The molecule has 0 aliphatic carbocycles. The van der Waals surface area contributed by atoms with Crippen LogP contribution < -0.4 is 11.1 Å². The zero-order chi connectivity index (χ0) is 14.0. The number of amides is 1. The fraction of sp³-hybridized carbons (Fsp3) is 0.0714. The standard InChI is InChI=1S/C14H12F2N2O/c1-8-6-10(17)3-4-11(8)14(19)18-13-5-2-9(15)7-12(13)16/h2-7H,17H2,1H3,(H,18,19). The van der Waals surface area contributed by atoms with Gasteiger partial charge in [0.15, 0.2) is 0 Å². The highest BCUT2D eigenvalue weighted by Gasteiger charge is 2.12. The van der Waals surface area contributed by atoms with Crippen LogP contribution in [-0.4, -0.2) is 5.91 Å². The van der Waals surface area contributed by atoms with Gasteiger partial charge in [0.25, 0.3) is 5.91 Å². The van der Waals surface area contributed by atoms with E-state index in [2.05, 4.69) is 5.32 Å². The van der Waals surface area contributed by atoms with Crippen molar-refractivity contribution in [2.45, 2.75) is 6.92 Å². The Morgan fingerprint density at radius 1 is 1.16 bits per heavy atom. The molecular formula is C14H12F2N2O. The maximum atomic E-state index is 13.4. The summed E-state index contributed by atoms with van der Waals surface area (Å²) in [4.78, 5) is 12.0. The molecule has 3 N–H and O–H groups in total. The maximum Gasteiger partial charge on any atom is 0.256 e. The molecule has 5 heteroatoms. The summed E-state index contributed by atoms with van der Waals surface area (Å²) < 4.78 is 26.2. The molecule has 98 valence electrons. The van der Waals surface area contributed by atoms with Crippen LogP contribution in [0, 0.1) is 18.6 Å². The van der Waals surface area contributed by atoms with Crippen LogP contribution in [-0.2, 0) is 0 Å². The molecule has 2 aromatic rings. The molecule has 0 radical (unpaired) electrons. The van der Waals surface area contributed by atoms with Crippen LogP contribution in [0.1, 0.15) is 15.9 Å². The summed E-state index contributed by atoms with van der Waals surface area (Å²) in [7, 11) is 0. The minimum absolute atomic E-state index is 0.0670. The number of carbonyl (C=O) groups is 1. The number of anilines is 2. The second-order valence-corrected chi connectivity index (χ2v) is 4.15. The van der Waals surface area contributed by atoms with Crippen LogP contribution >= 0.6 is 0 Å². The predicted molar refractivity (Wildman–Crippen MR) is 69.9 cm³/mol. The van der Waals surface area contributed by atoms with Gasteiger partial charge < -0.3 is 11.1 Å². The molecule has 0 heterocycles. The van der Waals surface area contributed by atoms with E-state index >= 15 is 0 Å². The lowest BCUT2D eigenvalue weighted by atomic mass is 10.1. The smallest absolute Gasteiger partial charge is 0.256 e. The number of nitrogens with one attached hydrogen (secondary N) is 1. The third kappa shape index (κ3) is 2.88. The van der Waals surface area contributed by atoms with Crippen LogP contribution in [0.3, 0.4) is 0 Å². The van der Waals surface area contributed by atoms with Crippen molar-refractivity contribution in [2.24, 2.45) is 0 Å². The van der Waals surface area contributed by atoms with Gasteiger partial charge in [-0.1, -0.05) is 0 Å². The molecule has 2 aromatic carbocycles. The first-order valence-corrected chi connectivity index (χ1v) is 5.60. The van der Waals surface area contributed by atoms with Crippen LogP contribution in [0.2, 0.25) is 0 Å². The molecule has 0 aliphatic rings. The molecule has 0 saturated carbocycles. The fourth-order valence-electron chi connectivity index (χ4n) is 1.72. The average molecular weight is 262 g/mol. The van der Waals surface area contributed by atoms with Crippen molar-refractivity contribution < 1.29 is 13.6 Å². The van der Waals surface area contributed by atoms with E-state index in [1.807, 2.05) is 0 Å². The second kappa shape index (κ2) is 5.06. The number of hydrogen-bond donors (Lipinski definition) is 2. The van der Waals surface area contributed by atoms with E-state index in [9.17, 15) is 13.6 Å². The lowest BCUT2D eigenvalue weighted by Crippen LogP contribution is -2.14. The summed E-state index contributed by atoms with van der Waals surface area (Å²) in [5.74, 6) is -1.98. The number of hydrogen-bond acceptors (Lipinski definition) is 2. The van der Waals surface area contributed by atoms with Crippen molar-refractivity contribution in [3.63, 3.8) is 0 Å². The number of rotatable bonds is 2.